The number of rotatable bonds is 7. The molecular weight excluding hydrogens is 343 g/mol. The number of carbonyl (C=O) groups excluding carboxylic acids is 2. The molecule has 1 amide bonds. The number of methoxy groups -OCH3 is 3. The van der Waals surface area contributed by atoms with Crippen molar-refractivity contribution in [2.24, 2.45) is 0 Å². The van der Waals surface area contributed by atoms with Gasteiger partial charge < -0.3 is 24.8 Å². The quantitative estimate of drug-likeness (QED) is 0.737. The zero-order chi connectivity index (χ0) is 19.1. The van der Waals surface area contributed by atoms with Gasteiger partial charge >= 0.3 is 5.97 Å². The van der Waals surface area contributed by atoms with Gasteiger partial charge in [0.15, 0.2) is 0 Å². The number of benzene rings is 2. The van der Waals surface area contributed by atoms with E-state index >= 15 is 0 Å². The van der Waals surface area contributed by atoms with E-state index in [0.717, 1.165) is 6.07 Å². The third-order valence-electron chi connectivity index (χ3n) is 3.46. The predicted octanol–water partition coefficient (Wildman–Crippen LogP) is 2.68. The van der Waals surface area contributed by atoms with Crippen molar-refractivity contribution in [1.29, 1.82) is 0 Å². The minimum atomic E-state index is -0.596. The van der Waals surface area contributed by atoms with Crippen LogP contribution >= 0.6 is 0 Å². The second kappa shape index (κ2) is 8.70. The molecule has 0 aromatic heterocycles. The summed E-state index contributed by atoms with van der Waals surface area (Å²) in [6, 6.07) is 8.62. The van der Waals surface area contributed by atoms with Crippen LogP contribution in [0.4, 0.5) is 15.8 Å². The summed E-state index contributed by atoms with van der Waals surface area (Å²) >= 11 is 0. The van der Waals surface area contributed by atoms with Crippen LogP contribution in [0, 0.1) is 5.82 Å². The van der Waals surface area contributed by atoms with Crippen molar-refractivity contribution >= 4 is 23.3 Å². The van der Waals surface area contributed by atoms with Gasteiger partial charge in [0.2, 0.25) is 5.91 Å². The highest BCUT2D eigenvalue weighted by Crippen LogP contribution is 2.25. The van der Waals surface area contributed by atoms with Crippen LogP contribution in [0.1, 0.15) is 10.4 Å². The van der Waals surface area contributed by atoms with E-state index in [1.165, 1.54) is 33.5 Å². The maximum Gasteiger partial charge on any atom is 0.337 e. The molecular formula is C18H19FN2O5. The Morgan fingerprint density at radius 2 is 1.65 bits per heavy atom. The average Bonchev–Trinajstić information content (AvgIpc) is 2.66. The lowest BCUT2D eigenvalue weighted by Crippen LogP contribution is -2.22. The molecule has 2 rings (SSSR count). The van der Waals surface area contributed by atoms with Crippen LogP contribution in [0.2, 0.25) is 0 Å². The second-order valence-electron chi connectivity index (χ2n) is 5.19. The molecule has 2 N–H and O–H groups in total. The maximum absolute atomic E-state index is 13.8. The van der Waals surface area contributed by atoms with E-state index in [0.29, 0.717) is 17.2 Å². The molecule has 0 aliphatic rings. The van der Waals surface area contributed by atoms with Gasteiger partial charge in [-0.1, -0.05) is 0 Å². The first kappa shape index (κ1) is 19.0. The van der Waals surface area contributed by atoms with Gasteiger partial charge in [0.25, 0.3) is 0 Å². The van der Waals surface area contributed by atoms with E-state index in [9.17, 15) is 14.0 Å². The van der Waals surface area contributed by atoms with Crippen LogP contribution < -0.4 is 20.1 Å². The van der Waals surface area contributed by atoms with E-state index in [1.807, 2.05) is 0 Å². The smallest absolute Gasteiger partial charge is 0.337 e. The molecule has 138 valence electrons. The molecule has 0 spiro atoms. The Morgan fingerprint density at radius 1 is 1.00 bits per heavy atom. The highest BCUT2D eigenvalue weighted by molar-refractivity contribution is 5.94. The van der Waals surface area contributed by atoms with Gasteiger partial charge in [-0.25, -0.2) is 9.18 Å². The molecule has 2 aromatic rings. The highest BCUT2D eigenvalue weighted by Gasteiger charge is 2.11. The molecule has 0 aliphatic carbocycles. The zero-order valence-electron chi connectivity index (χ0n) is 14.6. The number of anilines is 2. The van der Waals surface area contributed by atoms with Crippen molar-refractivity contribution < 1.29 is 28.2 Å². The summed E-state index contributed by atoms with van der Waals surface area (Å²) in [7, 11) is 4.23. The Balaban J connectivity index is 2.04. The normalized spacial score (nSPS) is 10.0. The molecule has 2 aromatic carbocycles. The summed E-state index contributed by atoms with van der Waals surface area (Å²) < 4.78 is 28.7. The number of hydrogen-bond donors (Lipinski definition) is 2. The molecule has 26 heavy (non-hydrogen) atoms. The standard InChI is InChI=1S/C18H19FN2O5/c1-24-13-7-12(8-14(9-13)25-2)21-17(22)10-20-16-6-11(18(23)26-3)4-5-15(16)19/h4-9,20H,10H2,1-3H3,(H,21,22). The summed E-state index contributed by atoms with van der Waals surface area (Å²) in [5.41, 5.74) is 0.664. The van der Waals surface area contributed by atoms with E-state index in [1.54, 1.807) is 18.2 Å². The molecule has 0 fully saturated rings. The lowest BCUT2D eigenvalue weighted by molar-refractivity contribution is -0.114. The fraction of sp³-hybridized carbons (Fsp3) is 0.222. The van der Waals surface area contributed by atoms with Gasteiger partial charge in [-0.3, -0.25) is 4.79 Å². The zero-order valence-corrected chi connectivity index (χ0v) is 14.6. The molecule has 0 unspecified atom stereocenters. The Bertz CT molecular complexity index is 788. The number of ether oxygens (including phenoxy) is 3. The number of halogens is 1. The fourth-order valence-electron chi connectivity index (χ4n) is 2.17. The number of hydrogen-bond acceptors (Lipinski definition) is 6. The molecule has 0 saturated carbocycles. The van der Waals surface area contributed by atoms with Gasteiger partial charge in [0.1, 0.15) is 17.3 Å². The lowest BCUT2D eigenvalue weighted by atomic mass is 10.2. The second-order valence-corrected chi connectivity index (χ2v) is 5.19. The third-order valence-corrected chi connectivity index (χ3v) is 3.46. The van der Waals surface area contributed by atoms with Crippen molar-refractivity contribution in [3.63, 3.8) is 0 Å². The summed E-state index contributed by atoms with van der Waals surface area (Å²) in [4.78, 5) is 23.6. The van der Waals surface area contributed by atoms with Crippen LogP contribution in [-0.2, 0) is 9.53 Å². The molecule has 8 heteroatoms. The Labute approximate surface area is 150 Å². The monoisotopic (exact) mass is 362 g/mol. The number of esters is 1. The molecule has 0 aliphatic heterocycles. The summed E-state index contributed by atoms with van der Waals surface area (Å²) in [6.45, 7) is -0.207. The van der Waals surface area contributed by atoms with E-state index < -0.39 is 17.7 Å². The van der Waals surface area contributed by atoms with Crippen molar-refractivity contribution in [2.45, 2.75) is 0 Å². The summed E-state index contributed by atoms with van der Waals surface area (Å²) in [5.74, 6) is -0.563. The Hall–Kier alpha value is -3.29. The third kappa shape index (κ3) is 4.85. The van der Waals surface area contributed by atoms with E-state index in [-0.39, 0.29) is 17.8 Å². The lowest BCUT2D eigenvalue weighted by Gasteiger charge is -2.11. The van der Waals surface area contributed by atoms with Crippen LogP contribution in [0.3, 0.4) is 0 Å². The SMILES string of the molecule is COC(=O)c1ccc(F)c(NCC(=O)Nc2cc(OC)cc(OC)c2)c1. The van der Waals surface area contributed by atoms with Crippen molar-refractivity contribution in [2.75, 3.05) is 38.5 Å². The Kier molecular flexibility index (Phi) is 6.37. The molecule has 0 heterocycles. The molecule has 0 saturated heterocycles. The van der Waals surface area contributed by atoms with Crippen LogP contribution in [0.5, 0.6) is 11.5 Å². The van der Waals surface area contributed by atoms with Gasteiger partial charge in [-0.2, -0.15) is 0 Å². The average molecular weight is 362 g/mol. The molecule has 7 nitrogen and oxygen atoms in total. The summed E-state index contributed by atoms with van der Waals surface area (Å²) in [6.07, 6.45) is 0. The van der Waals surface area contributed by atoms with Crippen molar-refractivity contribution in [1.82, 2.24) is 0 Å². The first-order valence-corrected chi connectivity index (χ1v) is 7.61. The number of nitrogens with one attached hydrogen (secondary N) is 2. The van der Waals surface area contributed by atoms with Crippen LogP contribution in [0.25, 0.3) is 0 Å². The molecule has 0 radical (unpaired) electrons. The van der Waals surface area contributed by atoms with Crippen LogP contribution in [0.15, 0.2) is 36.4 Å². The van der Waals surface area contributed by atoms with Crippen molar-refractivity contribution in [3.05, 3.63) is 47.8 Å². The minimum absolute atomic E-state index is 0.0197. The van der Waals surface area contributed by atoms with E-state index in [2.05, 4.69) is 15.4 Å². The fourth-order valence-corrected chi connectivity index (χ4v) is 2.17. The largest absolute Gasteiger partial charge is 0.497 e. The Morgan fingerprint density at radius 3 is 2.23 bits per heavy atom. The van der Waals surface area contributed by atoms with Crippen LogP contribution in [-0.4, -0.2) is 39.8 Å². The van der Waals surface area contributed by atoms with Gasteiger partial charge in [0.05, 0.1) is 39.1 Å². The molecule has 0 atom stereocenters. The van der Waals surface area contributed by atoms with E-state index in [4.69, 9.17) is 9.47 Å². The topological polar surface area (TPSA) is 85.9 Å². The highest BCUT2D eigenvalue weighted by atomic mass is 19.1. The van der Waals surface area contributed by atoms with Gasteiger partial charge in [-0.15, -0.1) is 0 Å². The molecule has 0 bridgehead atoms. The predicted molar refractivity (Wildman–Crippen MR) is 94.4 cm³/mol. The summed E-state index contributed by atoms with van der Waals surface area (Å²) in [5, 5.41) is 5.31. The van der Waals surface area contributed by atoms with Gasteiger partial charge in [0, 0.05) is 23.9 Å². The maximum atomic E-state index is 13.8. The number of amides is 1. The van der Waals surface area contributed by atoms with Crippen molar-refractivity contribution in [3.8, 4) is 11.5 Å². The number of carbonyl (C=O) groups is 2. The first-order chi connectivity index (χ1) is 12.5. The first-order valence-electron chi connectivity index (χ1n) is 7.61. The van der Waals surface area contributed by atoms with Gasteiger partial charge in [-0.05, 0) is 18.2 Å². The minimum Gasteiger partial charge on any atom is -0.497 e.